The van der Waals surface area contributed by atoms with E-state index in [2.05, 4.69) is 6.58 Å². The van der Waals surface area contributed by atoms with Gasteiger partial charge in [0.15, 0.2) is 0 Å². The summed E-state index contributed by atoms with van der Waals surface area (Å²) >= 11 is 11.5. The van der Waals surface area contributed by atoms with Crippen LogP contribution < -0.4 is 10.6 Å². The number of nitrogens with zero attached hydrogens (tertiary/aromatic N) is 1. The normalized spacial score (nSPS) is 23.6. The number of rotatable bonds is 2. The van der Waals surface area contributed by atoms with Crippen molar-refractivity contribution < 1.29 is 22.8 Å². The van der Waals surface area contributed by atoms with Gasteiger partial charge in [-0.15, -0.1) is 0 Å². The second-order valence-corrected chi connectivity index (χ2v) is 5.77. The maximum absolute atomic E-state index is 13.6. The minimum absolute atomic E-state index is 0.170. The SMILES string of the molecule is C=C1NC(=O)[C@](NC(=O)c2ccc(Cl)cc2Cl)(C(F)(F)F)[C@@H]1C#N. The first-order valence-electron chi connectivity index (χ1n) is 6.28. The average molecular weight is 378 g/mol. The molecule has 1 aliphatic rings. The molecule has 2 rings (SSSR count). The molecule has 0 spiro atoms. The van der Waals surface area contributed by atoms with Gasteiger partial charge < -0.3 is 10.6 Å². The number of nitrogens with one attached hydrogen (secondary N) is 2. The molecule has 0 radical (unpaired) electrons. The fourth-order valence-electron chi connectivity index (χ4n) is 2.30. The lowest BCUT2D eigenvalue weighted by atomic mass is 9.84. The summed E-state index contributed by atoms with van der Waals surface area (Å²) in [5.74, 6) is -4.90. The molecule has 1 aliphatic heterocycles. The Bertz CT molecular complexity index is 788. The first kappa shape index (κ1) is 18.1. The molecule has 24 heavy (non-hydrogen) atoms. The van der Waals surface area contributed by atoms with E-state index >= 15 is 0 Å². The molecule has 2 atom stereocenters. The van der Waals surface area contributed by atoms with Crippen molar-refractivity contribution >= 4 is 35.0 Å². The van der Waals surface area contributed by atoms with Crippen LogP contribution in [0, 0.1) is 17.2 Å². The number of carbonyl (C=O) groups is 2. The van der Waals surface area contributed by atoms with Crippen LogP contribution in [0.3, 0.4) is 0 Å². The van der Waals surface area contributed by atoms with Gasteiger partial charge in [0.05, 0.1) is 16.7 Å². The summed E-state index contributed by atoms with van der Waals surface area (Å²) in [6.07, 6.45) is -5.24. The number of alkyl halides is 3. The molecular formula is C14H8Cl2F3N3O2. The lowest BCUT2D eigenvalue weighted by Gasteiger charge is -2.32. The van der Waals surface area contributed by atoms with Crippen molar-refractivity contribution in [1.82, 2.24) is 10.6 Å². The van der Waals surface area contributed by atoms with E-state index in [0.29, 0.717) is 0 Å². The fraction of sp³-hybridized carbons (Fsp3) is 0.214. The third kappa shape index (κ3) is 2.70. The summed E-state index contributed by atoms with van der Waals surface area (Å²) in [5, 5.41) is 12.4. The van der Waals surface area contributed by atoms with Crippen molar-refractivity contribution in [2.24, 2.45) is 5.92 Å². The number of nitriles is 1. The zero-order valence-corrected chi connectivity index (χ0v) is 13.2. The van der Waals surface area contributed by atoms with Gasteiger partial charge in [-0.25, -0.2) is 0 Å². The molecule has 0 unspecified atom stereocenters. The van der Waals surface area contributed by atoms with Gasteiger partial charge in [0, 0.05) is 10.7 Å². The van der Waals surface area contributed by atoms with E-state index in [9.17, 15) is 22.8 Å². The Labute approximate surface area is 144 Å². The molecule has 0 saturated carbocycles. The molecule has 2 N–H and O–H groups in total. The first-order valence-corrected chi connectivity index (χ1v) is 7.04. The monoisotopic (exact) mass is 377 g/mol. The van der Waals surface area contributed by atoms with Crippen molar-refractivity contribution in [3.63, 3.8) is 0 Å². The maximum atomic E-state index is 13.6. The topological polar surface area (TPSA) is 82.0 Å². The van der Waals surface area contributed by atoms with Gasteiger partial charge in [-0.3, -0.25) is 9.59 Å². The number of halogens is 5. The summed E-state index contributed by atoms with van der Waals surface area (Å²) < 4.78 is 40.8. The van der Waals surface area contributed by atoms with Gasteiger partial charge in [-0.05, 0) is 18.2 Å². The predicted molar refractivity (Wildman–Crippen MR) is 79.1 cm³/mol. The Morgan fingerprint density at radius 1 is 1.42 bits per heavy atom. The Hall–Kier alpha value is -2.24. The van der Waals surface area contributed by atoms with Crippen LogP contribution in [0.4, 0.5) is 13.2 Å². The van der Waals surface area contributed by atoms with Crippen molar-refractivity contribution in [1.29, 1.82) is 5.26 Å². The number of hydrogen-bond donors (Lipinski definition) is 2. The van der Waals surface area contributed by atoms with E-state index in [1.807, 2.05) is 5.32 Å². The smallest absolute Gasteiger partial charge is 0.329 e. The van der Waals surface area contributed by atoms with Crippen molar-refractivity contribution in [2.75, 3.05) is 0 Å². The zero-order valence-electron chi connectivity index (χ0n) is 11.7. The van der Waals surface area contributed by atoms with E-state index in [1.54, 1.807) is 5.32 Å². The van der Waals surface area contributed by atoms with Gasteiger partial charge in [0.1, 0.15) is 5.92 Å². The average Bonchev–Trinajstić information content (AvgIpc) is 2.69. The minimum Gasteiger partial charge on any atom is -0.329 e. The van der Waals surface area contributed by atoms with E-state index in [0.717, 1.165) is 12.1 Å². The summed E-state index contributed by atoms with van der Waals surface area (Å²) in [5.41, 5.74) is -4.24. The van der Waals surface area contributed by atoms with Gasteiger partial charge in [-0.1, -0.05) is 29.8 Å². The third-order valence-electron chi connectivity index (χ3n) is 3.48. The van der Waals surface area contributed by atoms with Crippen LogP contribution in [-0.4, -0.2) is 23.5 Å². The van der Waals surface area contributed by atoms with E-state index in [4.69, 9.17) is 28.5 Å². The van der Waals surface area contributed by atoms with E-state index in [-0.39, 0.29) is 15.6 Å². The summed E-state index contributed by atoms with van der Waals surface area (Å²) in [6.45, 7) is 3.23. The summed E-state index contributed by atoms with van der Waals surface area (Å²) in [6, 6.07) is 4.86. The number of carbonyl (C=O) groups excluding carboxylic acids is 2. The molecule has 0 aliphatic carbocycles. The first-order chi connectivity index (χ1) is 11.0. The largest absolute Gasteiger partial charge is 0.422 e. The minimum atomic E-state index is -5.24. The molecule has 2 amide bonds. The molecule has 1 aromatic rings. The van der Waals surface area contributed by atoms with Gasteiger partial charge in [-0.2, -0.15) is 18.4 Å². The molecule has 0 bridgehead atoms. The molecule has 0 aromatic heterocycles. The van der Waals surface area contributed by atoms with E-state index in [1.165, 1.54) is 12.1 Å². The zero-order chi connectivity index (χ0) is 18.3. The molecule has 5 nitrogen and oxygen atoms in total. The van der Waals surface area contributed by atoms with Crippen LogP contribution in [0.15, 0.2) is 30.5 Å². The molecule has 126 valence electrons. The summed E-state index contributed by atoms with van der Waals surface area (Å²) in [4.78, 5) is 24.2. The van der Waals surface area contributed by atoms with Crippen LogP contribution in [0.25, 0.3) is 0 Å². The Balaban J connectivity index is 2.52. The molecule has 1 fully saturated rings. The van der Waals surface area contributed by atoms with Gasteiger partial charge >= 0.3 is 6.18 Å². The Kier molecular flexibility index (Phi) is 4.52. The van der Waals surface area contributed by atoms with Crippen LogP contribution in [-0.2, 0) is 4.79 Å². The number of benzene rings is 1. The highest BCUT2D eigenvalue weighted by atomic mass is 35.5. The Morgan fingerprint density at radius 3 is 2.54 bits per heavy atom. The highest BCUT2D eigenvalue weighted by Crippen LogP contribution is 2.43. The van der Waals surface area contributed by atoms with Crippen LogP contribution >= 0.6 is 23.2 Å². The molecule has 1 saturated heterocycles. The standard InChI is InChI=1S/C14H8Cl2F3N3O2/c1-6-9(5-20)13(12(24)21-6,14(17,18)19)22-11(23)8-3-2-7(15)4-10(8)16/h2-4,9H,1H2,(H,21,24)(H,22,23)/t9-,13+/m1/s1. The molecule has 1 heterocycles. The van der Waals surface area contributed by atoms with Crippen LogP contribution in [0.1, 0.15) is 10.4 Å². The van der Waals surface area contributed by atoms with Gasteiger partial charge in [0.2, 0.25) is 5.54 Å². The number of hydrogen-bond acceptors (Lipinski definition) is 3. The second kappa shape index (κ2) is 6.00. The van der Waals surface area contributed by atoms with Gasteiger partial charge in [0.25, 0.3) is 11.8 Å². The Morgan fingerprint density at radius 2 is 2.04 bits per heavy atom. The lowest BCUT2D eigenvalue weighted by molar-refractivity contribution is -0.197. The predicted octanol–water partition coefficient (Wildman–Crippen LogP) is 2.81. The molecule has 1 aromatic carbocycles. The highest BCUT2D eigenvalue weighted by molar-refractivity contribution is 6.36. The lowest BCUT2D eigenvalue weighted by Crippen LogP contribution is -2.66. The van der Waals surface area contributed by atoms with Crippen LogP contribution in [0.5, 0.6) is 0 Å². The number of amides is 2. The maximum Gasteiger partial charge on any atom is 0.422 e. The third-order valence-corrected chi connectivity index (χ3v) is 4.02. The van der Waals surface area contributed by atoms with Crippen molar-refractivity contribution in [3.05, 3.63) is 46.1 Å². The van der Waals surface area contributed by atoms with E-state index < -0.39 is 35.1 Å². The van der Waals surface area contributed by atoms with Crippen molar-refractivity contribution in [2.45, 2.75) is 11.7 Å². The fourth-order valence-corrected chi connectivity index (χ4v) is 2.79. The summed E-state index contributed by atoms with van der Waals surface area (Å²) in [7, 11) is 0. The molecular weight excluding hydrogens is 370 g/mol. The van der Waals surface area contributed by atoms with Crippen LogP contribution in [0.2, 0.25) is 10.0 Å². The second-order valence-electron chi connectivity index (χ2n) is 4.93. The highest BCUT2D eigenvalue weighted by Gasteiger charge is 2.70. The van der Waals surface area contributed by atoms with Crippen molar-refractivity contribution in [3.8, 4) is 6.07 Å². The quantitative estimate of drug-likeness (QED) is 0.831. The molecule has 10 heteroatoms.